The standard InChI is InChI=1S/C17H20N2OS/c1-10-2-5-13-12(8-10)14(18)15(21-13)16(20)19-9-17(6-7-17)11-3-4-11/h2,5,8,11H,3-4,6-7,9,18H2,1H3,(H,19,20). The van der Waals surface area contributed by atoms with Crippen molar-refractivity contribution in [3.8, 4) is 0 Å². The first-order valence-corrected chi connectivity index (χ1v) is 8.47. The van der Waals surface area contributed by atoms with E-state index in [9.17, 15) is 4.79 Å². The third-order valence-electron chi connectivity index (χ3n) is 5.02. The minimum atomic E-state index is -0.00159. The van der Waals surface area contributed by atoms with Gasteiger partial charge < -0.3 is 11.1 Å². The Morgan fingerprint density at radius 2 is 2.19 bits per heavy atom. The second-order valence-electron chi connectivity index (χ2n) is 6.66. The summed E-state index contributed by atoms with van der Waals surface area (Å²) < 4.78 is 1.09. The first-order valence-electron chi connectivity index (χ1n) is 7.66. The van der Waals surface area contributed by atoms with Crippen molar-refractivity contribution in [2.75, 3.05) is 12.3 Å². The molecule has 2 aromatic rings. The van der Waals surface area contributed by atoms with Crippen LogP contribution in [0.25, 0.3) is 10.1 Å². The van der Waals surface area contributed by atoms with Crippen LogP contribution in [0.1, 0.15) is 40.9 Å². The van der Waals surface area contributed by atoms with E-state index in [2.05, 4.69) is 23.5 Å². The van der Waals surface area contributed by atoms with Crippen LogP contribution in [0.4, 0.5) is 5.69 Å². The molecule has 0 atom stereocenters. The zero-order chi connectivity index (χ0) is 14.6. The topological polar surface area (TPSA) is 55.1 Å². The van der Waals surface area contributed by atoms with Gasteiger partial charge in [0.15, 0.2) is 0 Å². The summed E-state index contributed by atoms with van der Waals surface area (Å²) in [6, 6.07) is 6.17. The lowest BCUT2D eigenvalue weighted by Crippen LogP contribution is -2.31. The molecule has 4 heteroatoms. The molecule has 1 aromatic carbocycles. The lowest BCUT2D eigenvalue weighted by atomic mass is 10.0. The highest BCUT2D eigenvalue weighted by Gasteiger charge is 2.53. The quantitative estimate of drug-likeness (QED) is 0.904. The van der Waals surface area contributed by atoms with Crippen LogP contribution in [-0.4, -0.2) is 12.5 Å². The van der Waals surface area contributed by atoms with Crippen LogP contribution in [0.15, 0.2) is 18.2 Å². The molecule has 3 N–H and O–H groups in total. The minimum absolute atomic E-state index is 0.00159. The fourth-order valence-electron chi connectivity index (χ4n) is 3.32. The van der Waals surface area contributed by atoms with E-state index in [0.717, 1.165) is 22.5 Å². The lowest BCUT2D eigenvalue weighted by Gasteiger charge is -2.14. The maximum Gasteiger partial charge on any atom is 0.263 e. The van der Waals surface area contributed by atoms with Gasteiger partial charge in [-0.1, -0.05) is 11.6 Å². The highest BCUT2D eigenvalue weighted by molar-refractivity contribution is 7.21. The number of nitrogens with two attached hydrogens (primary N) is 1. The molecule has 0 bridgehead atoms. The SMILES string of the molecule is Cc1ccc2sc(C(=O)NCC3(C4CC4)CC3)c(N)c2c1. The molecule has 2 fully saturated rings. The average Bonchev–Trinajstić information content (AvgIpc) is 3.35. The number of benzene rings is 1. The molecule has 0 unspecified atom stereocenters. The van der Waals surface area contributed by atoms with Crippen LogP contribution in [0, 0.1) is 18.3 Å². The van der Waals surface area contributed by atoms with Crippen LogP contribution in [0.5, 0.6) is 0 Å². The number of carbonyl (C=O) groups excluding carboxylic acids is 1. The van der Waals surface area contributed by atoms with Crippen molar-refractivity contribution in [3.63, 3.8) is 0 Å². The molecule has 110 valence electrons. The smallest absolute Gasteiger partial charge is 0.263 e. The number of anilines is 1. The van der Waals surface area contributed by atoms with Gasteiger partial charge in [-0.25, -0.2) is 0 Å². The Morgan fingerprint density at radius 1 is 1.43 bits per heavy atom. The van der Waals surface area contributed by atoms with Crippen LogP contribution < -0.4 is 11.1 Å². The van der Waals surface area contributed by atoms with Gasteiger partial charge in [0.1, 0.15) is 4.88 Å². The van der Waals surface area contributed by atoms with Crippen molar-refractivity contribution in [2.45, 2.75) is 32.6 Å². The Labute approximate surface area is 128 Å². The molecule has 4 rings (SSSR count). The fourth-order valence-corrected chi connectivity index (χ4v) is 4.34. The van der Waals surface area contributed by atoms with E-state index < -0.39 is 0 Å². The third kappa shape index (κ3) is 2.22. The molecule has 2 aliphatic rings. The Morgan fingerprint density at radius 3 is 2.86 bits per heavy atom. The number of nitrogen functional groups attached to an aromatic ring is 1. The second kappa shape index (κ2) is 4.47. The number of amides is 1. The molecule has 2 aliphatic carbocycles. The number of aryl methyl sites for hydroxylation is 1. The van der Waals surface area contributed by atoms with E-state index in [4.69, 9.17) is 5.73 Å². The molecule has 0 spiro atoms. The number of carbonyl (C=O) groups is 1. The molecule has 0 saturated heterocycles. The lowest BCUT2D eigenvalue weighted by molar-refractivity contribution is 0.0947. The van der Waals surface area contributed by atoms with Gasteiger partial charge in [0.05, 0.1) is 5.69 Å². The molecular formula is C17H20N2OS. The number of fused-ring (bicyclic) bond motifs is 1. The summed E-state index contributed by atoms with van der Waals surface area (Å²) in [4.78, 5) is 13.1. The fraction of sp³-hybridized carbons (Fsp3) is 0.471. The molecule has 0 radical (unpaired) electrons. The van der Waals surface area contributed by atoms with E-state index in [1.807, 2.05) is 6.92 Å². The maximum atomic E-state index is 12.5. The van der Waals surface area contributed by atoms with Gasteiger partial charge in [0.2, 0.25) is 0 Å². The van der Waals surface area contributed by atoms with Crippen LogP contribution in [0.2, 0.25) is 0 Å². The molecule has 1 heterocycles. The van der Waals surface area contributed by atoms with Crippen molar-refractivity contribution in [3.05, 3.63) is 28.6 Å². The first-order chi connectivity index (χ1) is 10.1. The molecule has 0 aliphatic heterocycles. The van der Waals surface area contributed by atoms with Crippen LogP contribution >= 0.6 is 11.3 Å². The van der Waals surface area contributed by atoms with Gasteiger partial charge in [0, 0.05) is 16.6 Å². The Bertz CT molecular complexity index is 726. The summed E-state index contributed by atoms with van der Waals surface area (Å²) in [7, 11) is 0. The number of hydrogen-bond acceptors (Lipinski definition) is 3. The van der Waals surface area contributed by atoms with Crippen LogP contribution in [-0.2, 0) is 0 Å². The first kappa shape index (κ1) is 13.1. The summed E-state index contributed by atoms with van der Waals surface area (Å²) in [5, 5.41) is 4.14. The molecule has 2 saturated carbocycles. The maximum absolute atomic E-state index is 12.5. The molecule has 21 heavy (non-hydrogen) atoms. The predicted octanol–water partition coefficient (Wildman–Crippen LogP) is 3.71. The zero-order valence-corrected chi connectivity index (χ0v) is 13.1. The van der Waals surface area contributed by atoms with E-state index >= 15 is 0 Å². The van der Waals surface area contributed by atoms with E-state index in [-0.39, 0.29) is 5.91 Å². The summed E-state index contributed by atoms with van der Waals surface area (Å²) in [5.41, 5.74) is 8.42. The molecule has 3 nitrogen and oxygen atoms in total. The van der Waals surface area contributed by atoms with Gasteiger partial charge in [-0.3, -0.25) is 4.79 Å². The normalized spacial score (nSPS) is 19.7. The zero-order valence-electron chi connectivity index (χ0n) is 12.2. The Balaban J connectivity index is 1.55. The highest BCUT2D eigenvalue weighted by Crippen LogP contribution is 2.60. The molecular weight excluding hydrogens is 280 g/mol. The van der Waals surface area contributed by atoms with Gasteiger partial charge in [-0.15, -0.1) is 11.3 Å². The summed E-state index contributed by atoms with van der Waals surface area (Å²) >= 11 is 1.50. The van der Waals surface area contributed by atoms with E-state index in [0.29, 0.717) is 16.0 Å². The van der Waals surface area contributed by atoms with Crippen molar-refractivity contribution >= 4 is 33.0 Å². The highest BCUT2D eigenvalue weighted by atomic mass is 32.1. The summed E-state index contributed by atoms with van der Waals surface area (Å²) in [5.74, 6) is 0.860. The Hall–Kier alpha value is -1.55. The summed E-state index contributed by atoms with van der Waals surface area (Å²) in [6.07, 6.45) is 5.25. The van der Waals surface area contributed by atoms with Crippen molar-refractivity contribution < 1.29 is 4.79 Å². The number of hydrogen-bond donors (Lipinski definition) is 2. The van der Waals surface area contributed by atoms with Gasteiger partial charge >= 0.3 is 0 Å². The number of thiophene rings is 1. The molecule has 1 aromatic heterocycles. The number of rotatable bonds is 4. The van der Waals surface area contributed by atoms with E-state index in [1.165, 1.54) is 42.6 Å². The van der Waals surface area contributed by atoms with E-state index in [1.54, 1.807) is 0 Å². The van der Waals surface area contributed by atoms with Crippen molar-refractivity contribution in [2.24, 2.45) is 11.3 Å². The Kier molecular flexibility index (Phi) is 2.80. The third-order valence-corrected chi connectivity index (χ3v) is 6.21. The predicted molar refractivity (Wildman–Crippen MR) is 87.7 cm³/mol. The van der Waals surface area contributed by atoms with Gasteiger partial charge in [0.25, 0.3) is 5.91 Å². The van der Waals surface area contributed by atoms with Crippen LogP contribution in [0.3, 0.4) is 0 Å². The molecule has 1 amide bonds. The van der Waals surface area contributed by atoms with Crippen molar-refractivity contribution in [1.82, 2.24) is 5.32 Å². The van der Waals surface area contributed by atoms with Gasteiger partial charge in [-0.05, 0) is 56.1 Å². The summed E-state index contributed by atoms with van der Waals surface area (Å²) in [6.45, 7) is 2.87. The van der Waals surface area contributed by atoms with Crippen molar-refractivity contribution in [1.29, 1.82) is 0 Å². The average molecular weight is 300 g/mol. The minimum Gasteiger partial charge on any atom is -0.397 e. The largest absolute Gasteiger partial charge is 0.397 e. The second-order valence-corrected chi connectivity index (χ2v) is 7.72. The van der Waals surface area contributed by atoms with Gasteiger partial charge in [-0.2, -0.15) is 0 Å². The number of nitrogens with one attached hydrogen (secondary N) is 1. The monoisotopic (exact) mass is 300 g/mol.